The highest BCUT2D eigenvalue weighted by molar-refractivity contribution is 5.96. The van der Waals surface area contributed by atoms with Crippen molar-refractivity contribution < 1.29 is 19.1 Å². The minimum Gasteiger partial charge on any atom is -0.491 e. The summed E-state index contributed by atoms with van der Waals surface area (Å²) in [5, 5.41) is 0. The average molecular weight is 264 g/mol. The van der Waals surface area contributed by atoms with Crippen LogP contribution in [0.3, 0.4) is 0 Å². The lowest BCUT2D eigenvalue weighted by Crippen LogP contribution is -2.07. The molecule has 0 aliphatic rings. The molecule has 0 N–H and O–H groups in total. The van der Waals surface area contributed by atoms with Crippen LogP contribution in [0.15, 0.2) is 24.3 Å². The Morgan fingerprint density at radius 1 is 1.21 bits per heavy atom. The van der Waals surface area contributed by atoms with Crippen LogP contribution in [-0.4, -0.2) is 25.0 Å². The van der Waals surface area contributed by atoms with Gasteiger partial charge in [-0.3, -0.25) is 9.59 Å². The third-order valence-electron chi connectivity index (χ3n) is 2.54. The summed E-state index contributed by atoms with van der Waals surface area (Å²) >= 11 is 0. The summed E-state index contributed by atoms with van der Waals surface area (Å²) in [4.78, 5) is 22.9. The van der Waals surface area contributed by atoms with Gasteiger partial charge in [-0.2, -0.15) is 0 Å². The average Bonchev–Trinajstić information content (AvgIpc) is 2.37. The van der Waals surface area contributed by atoms with Gasteiger partial charge in [-0.05, 0) is 32.4 Å². The lowest BCUT2D eigenvalue weighted by Gasteiger charge is -2.10. The molecular formula is C15H20O4. The third-order valence-corrected chi connectivity index (χ3v) is 2.54. The molecule has 4 heteroatoms. The van der Waals surface area contributed by atoms with E-state index in [1.54, 1.807) is 18.2 Å². The summed E-state index contributed by atoms with van der Waals surface area (Å²) in [6.45, 7) is 3.87. The standard InChI is InChI=1S/C15H20O4/c1-11(2)19-13-7-4-6-12(10-13)14(16)8-5-9-15(17)18-3/h4,6-7,10-11H,5,8-9H2,1-3H3. The number of esters is 1. The number of hydrogen-bond acceptors (Lipinski definition) is 4. The number of methoxy groups -OCH3 is 1. The molecule has 0 spiro atoms. The zero-order chi connectivity index (χ0) is 14.3. The van der Waals surface area contributed by atoms with Gasteiger partial charge in [-0.25, -0.2) is 0 Å². The van der Waals surface area contributed by atoms with Crippen LogP contribution >= 0.6 is 0 Å². The van der Waals surface area contributed by atoms with Gasteiger partial charge in [0.05, 0.1) is 13.2 Å². The van der Waals surface area contributed by atoms with E-state index in [4.69, 9.17) is 4.74 Å². The molecule has 1 aromatic carbocycles. The van der Waals surface area contributed by atoms with Crippen molar-refractivity contribution in [1.82, 2.24) is 0 Å². The fraction of sp³-hybridized carbons (Fsp3) is 0.467. The smallest absolute Gasteiger partial charge is 0.305 e. The van der Waals surface area contributed by atoms with Crippen LogP contribution in [-0.2, 0) is 9.53 Å². The lowest BCUT2D eigenvalue weighted by molar-refractivity contribution is -0.140. The molecule has 0 saturated heterocycles. The zero-order valence-electron chi connectivity index (χ0n) is 11.6. The van der Waals surface area contributed by atoms with E-state index in [1.807, 2.05) is 19.9 Å². The second-order valence-corrected chi connectivity index (χ2v) is 4.55. The van der Waals surface area contributed by atoms with Crippen molar-refractivity contribution in [1.29, 1.82) is 0 Å². The van der Waals surface area contributed by atoms with Crippen molar-refractivity contribution in [2.75, 3.05) is 7.11 Å². The Morgan fingerprint density at radius 3 is 2.58 bits per heavy atom. The van der Waals surface area contributed by atoms with Gasteiger partial charge in [0.25, 0.3) is 0 Å². The molecular weight excluding hydrogens is 244 g/mol. The molecule has 1 rings (SSSR count). The van der Waals surface area contributed by atoms with Crippen molar-refractivity contribution >= 4 is 11.8 Å². The first-order valence-corrected chi connectivity index (χ1v) is 6.39. The number of rotatable bonds is 7. The molecule has 0 aromatic heterocycles. The quantitative estimate of drug-likeness (QED) is 0.561. The first-order valence-electron chi connectivity index (χ1n) is 6.39. The maximum Gasteiger partial charge on any atom is 0.305 e. The van der Waals surface area contributed by atoms with Gasteiger partial charge in [0.15, 0.2) is 5.78 Å². The molecule has 0 radical (unpaired) electrons. The van der Waals surface area contributed by atoms with Gasteiger partial charge < -0.3 is 9.47 Å². The third kappa shape index (κ3) is 5.55. The fourth-order valence-corrected chi connectivity index (χ4v) is 1.65. The number of carbonyl (C=O) groups excluding carboxylic acids is 2. The Labute approximate surface area is 113 Å². The number of benzene rings is 1. The van der Waals surface area contributed by atoms with E-state index in [-0.39, 0.29) is 24.3 Å². The molecule has 0 unspecified atom stereocenters. The topological polar surface area (TPSA) is 52.6 Å². The van der Waals surface area contributed by atoms with Crippen molar-refractivity contribution in [3.63, 3.8) is 0 Å². The van der Waals surface area contributed by atoms with Gasteiger partial charge in [0, 0.05) is 18.4 Å². The predicted octanol–water partition coefficient (Wildman–Crippen LogP) is 3.00. The van der Waals surface area contributed by atoms with E-state index in [9.17, 15) is 9.59 Å². The summed E-state index contributed by atoms with van der Waals surface area (Å²) in [5.41, 5.74) is 0.614. The summed E-state index contributed by atoms with van der Waals surface area (Å²) < 4.78 is 10.1. The molecule has 19 heavy (non-hydrogen) atoms. The largest absolute Gasteiger partial charge is 0.491 e. The molecule has 0 aliphatic heterocycles. The number of ether oxygens (including phenoxy) is 2. The van der Waals surface area contributed by atoms with Crippen LogP contribution in [0.2, 0.25) is 0 Å². The Hall–Kier alpha value is -1.84. The van der Waals surface area contributed by atoms with E-state index in [2.05, 4.69) is 4.74 Å². The van der Waals surface area contributed by atoms with Crippen LogP contribution in [0.25, 0.3) is 0 Å². The van der Waals surface area contributed by atoms with Crippen LogP contribution < -0.4 is 4.74 Å². The first kappa shape index (κ1) is 15.2. The van der Waals surface area contributed by atoms with E-state index >= 15 is 0 Å². The molecule has 0 heterocycles. The van der Waals surface area contributed by atoms with Gasteiger partial charge in [0.2, 0.25) is 0 Å². The van der Waals surface area contributed by atoms with Crippen molar-refractivity contribution in [3.05, 3.63) is 29.8 Å². The van der Waals surface area contributed by atoms with Crippen molar-refractivity contribution in [2.24, 2.45) is 0 Å². The summed E-state index contributed by atoms with van der Waals surface area (Å²) in [7, 11) is 1.34. The molecule has 0 aliphatic carbocycles. The summed E-state index contributed by atoms with van der Waals surface area (Å²) in [6.07, 6.45) is 1.18. The first-order chi connectivity index (χ1) is 9.02. The fourth-order valence-electron chi connectivity index (χ4n) is 1.65. The maximum absolute atomic E-state index is 11.9. The Kier molecular flexibility index (Phi) is 6.06. The number of carbonyl (C=O) groups is 2. The van der Waals surface area contributed by atoms with Crippen molar-refractivity contribution in [2.45, 2.75) is 39.2 Å². The van der Waals surface area contributed by atoms with Crippen LogP contribution in [0.5, 0.6) is 5.75 Å². The Bertz CT molecular complexity index is 438. The normalized spacial score (nSPS) is 10.3. The molecule has 0 bridgehead atoms. The minimum absolute atomic E-state index is 0.0121. The Balaban J connectivity index is 2.54. The van der Waals surface area contributed by atoms with E-state index in [1.165, 1.54) is 7.11 Å². The number of hydrogen-bond donors (Lipinski definition) is 0. The van der Waals surface area contributed by atoms with E-state index in [0.717, 1.165) is 0 Å². The molecule has 0 amide bonds. The summed E-state index contributed by atoms with van der Waals surface area (Å²) in [6, 6.07) is 7.12. The van der Waals surface area contributed by atoms with Crippen LogP contribution in [0, 0.1) is 0 Å². The van der Waals surface area contributed by atoms with Crippen molar-refractivity contribution in [3.8, 4) is 5.75 Å². The van der Waals surface area contributed by atoms with Gasteiger partial charge >= 0.3 is 5.97 Å². The monoisotopic (exact) mass is 264 g/mol. The molecule has 0 saturated carbocycles. The number of ketones is 1. The highest BCUT2D eigenvalue weighted by atomic mass is 16.5. The molecule has 0 atom stereocenters. The molecule has 104 valence electrons. The van der Waals surface area contributed by atoms with Gasteiger partial charge in [-0.1, -0.05) is 12.1 Å². The molecule has 0 fully saturated rings. The second-order valence-electron chi connectivity index (χ2n) is 4.55. The minimum atomic E-state index is -0.287. The maximum atomic E-state index is 11.9. The molecule has 1 aromatic rings. The second kappa shape index (κ2) is 7.56. The zero-order valence-corrected chi connectivity index (χ0v) is 11.6. The highest BCUT2D eigenvalue weighted by Crippen LogP contribution is 2.17. The molecule has 4 nitrogen and oxygen atoms in total. The highest BCUT2D eigenvalue weighted by Gasteiger charge is 2.09. The summed E-state index contributed by atoms with van der Waals surface area (Å²) in [5.74, 6) is 0.414. The van der Waals surface area contributed by atoms with E-state index in [0.29, 0.717) is 24.2 Å². The SMILES string of the molecule is COC(=O)CCCC(=O)c1cccc(OC(C)C)c1. The predicted molar refractivity (Wildman–Crippen MR) is 72.4 cm³/mol. The van der Waals surface area contributed by atoms with Gasteiger partial charge in [-0.15, -0.1) is 0 Å². The van der Waals surface area contributed by atoms with Gasteiger partial charge in [0.1, 0.15) is 5.75 Å². The number of Topliss-reactive ketones (excluding diaryl/α,β-unsaturated/α-hetero) is 1. The van der Waals surface area contributed by atoms with Crippen LogP contribution in [0.1, 0.15) is 43.5 Å². The lowest BCUT2D eigenvalue weighted by atomic mass is 10.1. The van der Waals surface area contributed by atoms with Crippen LogP contribution in [0.4, 0.5) is 0 Å². The Morgan fingerprint density at radius 2 is 1.95 bits per heavy atom. The van der Waals surface area contributed by atoms with E-state index < -0.39 is 0 Å².